The standard InChI is InChI=1S/C28H20Br2N4O4/c1-33-25(35)21(23(29)27(33)37)19-13-7-3-5-9-15(13)31-17(19)11-12-18-20(14-8-4-6-10-16(14)32-18)22-24(30)28(38)34(2)26(22)36/h3-10,31-32H,11-12H2,1-2H3. The van der Waals surface area contributed by atoms with Gasteiger partial charge in [-0.2, -0.15) is 0 Å². The molecule has 4 amide bonds. The van der Waals surface area contributed by atoms with Crippen LogP contribution in [0.25, 0.3) is 33.0 Å². The van der Waals surface area contributed by atoms with E-state index in [0.717, 1.165) is 43.0 Å². The van der Waals surface area contributed by atoms with Crippen molar-refractivity contribution in [3.8, 4) is 0 Å². The molecule has 0 aliphatic carbocycles. The molecule has 0 radical (unpaired) electrons. The van der Waals surface area contributed by atoms with E-state index in [0.29, 0.717) is 35.1 Å². The highest BCUT2D eigenvalue weighted by Gasteiger charge is 2.39. The van der Waals surface area contributed by atoms with Crippen molar-refractivity contribution in [3.63, 3.8) is 0 Å². The Kier molecular flexibility index (Phi) is 5.77. The van der Waals surface area contributed by atoms with Gasteiger partial charge in [-0.1, -0.05) is 36.4 Å². The number of carbonyl (C=O) groups is 4. The van der Waals surface area contributed by atoms with E-state index < -0.39 is 0 Å². The lowest BCUT2D eigenvalue weighted by molar-refractivity contribution is -0.136. The molecule has 4 aromatic rings. The van der Waals surface area contributed by atoms with E-state index in [9.17, 15) is 19.2 Å². The van der Waals surface area contributed by atoms with Crippen molar-refractivity contribution in [3.05, 3.63) is 80.0 Å². The highest BCUT2D eigenvalue weighted by atomic mass is 79.9. The Morgan fingerprint density at radius 2 is 0.974 bits per heavy atom. The quantitative estimate of drug-likeness (QED) is 0.312. The lowest BCUT2D eigenvalue weighted by atomic mass is 9.96. The predicted octanol–water partition coefficient (Wildman–Crippen LogP) is 4.64. The largest absolute Gasteiger partial charge is 0.358 e. The molecule has 38 heavy (non-hydrogen) atoms. The third-order valence-electron chi connectivity index (χ3n) is 7.15. The zero-order valence-electron chi connectivity index (χ0n) is 20.3. The van der Waals surface area contributed by atoms with Gasteiger partial charge in [-0.05, 0) is 56.8 Å². The molecule has 190 valence electrons. The van der Waals surface area contributed by atoms with Crippen molar-refractivity contribution in [2.24, 2.45) is 0 Å². The number of aryl methyl sites for hydroxylation is 2. The molecule has 0 fully saturated rings. The molecular weight excluding hydrogens is 616 g/mol. The van der Waals surface area contributed by atoms with Crippen LogP contribution in [0.3, 0.4) is 0 Å². The first-order valence-corrected chi connectivity index (χ1v) is 13.4. The molecule has 2 aliphatic rings. The van der Waals surface area contributed by atoms with E-state index in [1.807, 2.05) is 48.5 Å². The molecule has 2 aromatic carbocycles. The summed E-state index contributed by atoms with van der Waals surface area (Å²) in [5.74, 6) is -1.51. The molecule has 2 N–H and O–H groups in total. The van der Waals surface area contributed by atoms with Crippen molar-refractivity contribution in [2.45, 2.75) is 12.8 Å². The second-order valence-electron chi connectivity index (χ2n) is 9.26. The maximum atomic E-state index is 13.1. The monoisotopic (exact) mass is 634 g/mol. The Morgan fingerprint density at radius 3 is 1.32 bits per heavy atom. The molecule has 0 spiro atoms. The number of imide groups is 2. The van der Waals surface area contributed by atoms with Crippen molar-refractivity contribution < 1.29 is 19.2 Å². The first-order chi connectivity index (χ1) is 18.2. The smallest absolute Gasteiger partial charge is 0.268 e. The zero-order chi connectivity index (χ0) is 26.9. The summed E-state index contributed by atoms with van der Waals surface area (Å²) in [6.45, 7) is 0. The summed E-state index contributed by atoms with van der Waals surface area (Å²) < 4.78 is 0.462. The molecule has 6 rings (SSSR count). The number of rotatable bonds is 5. The van der Waals surface area contributed by atoms with Crippen LogP contribution in [-0.4, -0.2) is 57.5 Å². The Bertz CT molecular complexity index is 1680. The Hall–Kier alpha value is -3.76. The SMILES string of the molecule is CN1C(=O)C(Br)=C(c2c(CCc3[nH]c4ccccc4c3C3=C(Br)C(=O)N(C)C3=O)[nH]c3ccccc23)C1=O. The molecule has 10 heteroatoms. The van der Waals surface area contributed by atoms with Gasteiger partial charge < -0.3 is 9.97 Å². The van der Waals surface area contributed by atoms with Gasteiger partial charge in [0.2, 0.25) is 0 Å². The van der Waals surface area contributed by atoms with Crippen LogP contribution in [0.5, 0.6) is 0 Å². The van der Waals surface area contributed by atoms with Crippen LogP contribution in [0.15, 0.2) is 57.5 Å². The van der Waals surface area contributed by atoms with Gasteiger partial charge in [0.1, 0.15) is 0 Å². The van der Waals surface area contributed by atoms with Gasteiger partial charge in [-0.25, -0.2) is 0 Å². The van der Waals surface area contributed by atoms with Crippen molar-refractivity contribution >= 4 is 88.4 Å². The summed E-state index contributed by atoms with van der Waals surface area (Å²) in [6.07, 6.45) is 0.948. The molecule has 0 saturated heterocycles. The number of benzene rings is 2. The Labute approximate surface area is 233 Å². The first-order valence-electron chi connectivity index (χ1n) is 11.8. The van der Waals surface area contributed by atoms with Crippen LogP contribution in [-0.2, 0) is 32.0 Å². The first kappa shape index (κ1) is 24.6. The van der Waals surface area contributed by atoms with E-state index in [2.05, 4.69) is 41.8 Å². The molecule has 0 atom stereocenters. The number of hydrogen-bond acceptors (Lipinski definition) is 4. The fourth-order valence-electron chi connectivity index (χ4n) is 5.24. The number of halogens is 2. The average molecular weight is 636 g/mol. The minimum absolute atomic E-state index is 0.231. The number of fused-ring (bicyclic) bond motifs is 2. The van der Waals surface area contributed by atoms with Crippen LogP contribution < -0.4 is 0 Å². The van der Waals surface area contributed by atoms with Crippen molar-refractivity contribution in [2.75, 3.05) is 14.1 Å². The topological polar surface area (TPSA) is 106 Å². The summed E-state index contributed by atoms with van der Waals surface area (Å²) in [7, 11) is 2.93. The number of H-pyrrole nitrogens is 2. The van der Waals surface area contributed by atoms with Crippen LogP contribution in [0.1, 0.15) is 22.5 Å². The number of carbonyl (C=O) groups excluding carboxylic acids is 4. The van der Waals surface area contributed by atoms with E-state index in [1.54, 1.807) is 0 Å². The lowest BCUT2D eigenvalue weighted by Gasteiger charge is -2.10. The second-order valence-corrected chi connectivity index (χ2v) is 10.9. The molecule has 0 bridgehead atoms. The molecule has 8 nitrogen and oxygen atoms in total. The highest BCUT2D eigenvalue weighted by Crippen LogP contribution is 2.40. The molecule has 0 unspecified atom stereocenters. The van der Waals surface area contributed by atoms with Crippen LogP contribution in [0.4, 0.5) is 0 Å². The molecule has 4 heterocycles. The highest BCUT2D eigenvalue weighted by molar-refractivity contribution is 9.12. The molecular formula is C28H20Br2N4O4. The number of para-hydroxylation sites is 2. The van der Waals surface area contributed by atoms with E-state index in [4.69, 9.17) is 0 Å². The number of aromatic amines is 2. The minimum atomic E-state index is -0.385. The van der Waals surface area contributed by atoms with E-state index in [-0.39, 0.29) is 32.6 Å². The second kappa shape index (κ2) is 8.92. The number of amides is 4. The van der Waals surface area contributed by atoms with Crippen LogP contribution in [0.2, 0.25) is 0 Å². The number of aromatic nitrogens is 2. The number of nitrogens with one attached hydrogen (secondary N) is 2. The van der Waals surface area contributed by atoms with E-state index in [1.165, 1.54) is 14.1 Å². The van der Waals surface area contributed by atoms with Crippen molar-refractivity contribution in [1.82, 2.24) is 19.8 Å². The van der Waals surface area contributed by atoms with Crippen LogP contribution >= 0.6 is 31.9 Å². The lowest BCUT2D eigenvalue weighted by Crippen LogP contribution is -2.26. The van der Waals surface area contributed by atoms with Crippen LogP contribution in [0, 0.1) is 0 Å². The van der Waals surface area contributed by atoms with Gasteiger partial charge in [0, 0.05) is 58.4 Å². The van der Waals surface area contributed by atoms with Gasteiger partial charge in [0.05, 0.1) is 20.1 Å². The molecule has 2 aliphatic heterocycles. The van der Waals surface area contributed by atoms with E-state index >= 15 is 0 Å². The minimum Gasteiger partial charge on any atom is -0.358 e. The predicted molar refractivity (Wildman–Crippen MR) is 151 cm³/mol. The summed E-state index contributed by atoms with van der Waals surface area (Å²) in [6, 6.07) is 15.3. The van der Waals surface area contributed by atoms with Gasteiger partial charge in [-0.3, -0.25) is 29.0 Å². The number of likely N-dealkylation sites (N-methyl/N-ethyl adjacent to an activating group) is 2. The maximum Gasteiger partial charge on any atom is 0.268 e. The van der Waals surface area contributed by atoms with Gasteiger partial charge >= 0.3 is 0 Å². The third kappa shape index (κ3) is 3.47. The average Bonchev–Trinajstić information content (AvgIpc) is 3.57. The summed E-state index contributed by atoms with van der Waals surface area (Å²) in [5, 5.41) is 1.68. The van der Waals surface area contributed by atoms with Gasteiger partial charge in [0.25, 0.3) is 23.6 Å². The maximum absolute atomic E-state index is 13.1. The Balaban J connectivity index is 1.48. The number of hydrogen-bond donors (Lipinski definition) is 2. The van der Waals surface area contributed by atoms with Gasteiger partial charge in [-0.15, -0.1) is 0 Å². The summed E-state index contributed by atoms with van der Waals surface area (Å²) >= 11 is 6.71. The van der Waals surface area contributed by atoms with Crippen molar-refractivity contribution in [1.29, 1.82) is 0 Å². The molecule has 0 saturated carbocycles. The summed E-state index contributed by atoms with van der Waals surface area (Å²) in [5.41, 5.74) is 5.29. The Morgan fingerprint density at radius 1 is 0.605 bits per heavy atom. The normalized spacial score (nSPS) is 16.5. The zero-order valence-corrected chi connectivity index (χ0v) is 23.5. The fourth-order valence-corrected chi connectivity index (χ4v) is 6.51. The fraction of sp³-hybridized carbons (Fsp3) is 0.143. The summed E-state index contributed by atoms with van der Waals surface area (Å²) in [4.78, 5) is 60.4. The van der Waals surface area contributed by atoms with Gasteiger partial charge in [0.15, 0.2) is 0 Å². The molecule has 2 aromatic heterocycles. The third-order valence-corrected chi connectivity index (χ3v) is 8.62. The number of nitrogens with zero attached hydrogens (tertiary/aromatic N) is 2.